The van der Waals surface area contributed by atoms with Gasteiger partial charge in [-0.25, -0.2) is 0 Å². The van der Waals surface area contributed by atoms with Crippen LogP contribution in [0.2, 0.25) is 0 Å². The van der Waals surface area contributed by atoms with Crippen LogP contribution in [0, 0.1) is 0 Å². The minimum atomic E-state index is -1.34. The minimum absolute atomic E-state index is 0.250. The molecule has 0 aliphatic heterocycles. The van der Waals surface area contributed by atoms with Crippen LogP contribution in [0.1, 0.15) is 31.7 Å². The Morgan fingerprint density at radius 3 is 2.05 bits per heavy atom. The smallest absolute Gasteiger partial charge is 0.109 e. The molecule has 1 rings (SSSR count). The second-order valence-corrected chi connectivity index (χ2v) is 4.95. The van der Waals surface area contributed by atoms with E-state index in [-0.39, 0.29) is 6.42 Å². The molecule has 19 heavy (non-hydrogen) atoms. The minimum Gasteiger partial charge on any atom is -0.390 e. The van der Waals surface area contributed by atoms with E-state index in [1.165, 1.54) is 0 Å². The van der Waals surface area contributed by atoms with Gasteiger partial charge in [0.15, 0.2) is 0 Å². The van der Waals surface area contributed by atoms with Gasteiger partial charge in [-0.15, -0.1) is 0 Å². The first-order chi connectivity index (χ1) is 9.06. The average molecular weight is 268 g/mol. The lowest BCUT2D eigenvalue weighted by atomic mass is 9.95. The summed E-state index contributed by atoms with van der Waals surface area (Å²) in [6.07, 6.45) is -2.38. The molecule has 4 heteroatoms. The van der Waals surface area contributed by atoms with E-state index in [4.69, 9.17) is 0 Å². The monoisotopic (exact) mass is 268 g/mol. The highest BCUT2D eigenvalue weighted by atomic mass is 16.4. The zero-order chi connectivity index (χ0) is 14.3. The Bertz CT molecular complexity index is 341. The Labute approximate surface area is 114 Å². The summed E-state index contributed by atoms with van der Waals surface area (Å²) in [6.45, 7) is 1.99. The lowest BCUT2D eigenvalue weighted by Crippen LogP contribution is -2.45. The molecule has 0 saturated carbocycles. The van der Waals surface area contributed by atoms with Crippen LogP contribution < -0.4 is 0 Å². The van der Waals surface area contributed by atoms with E-state index in [9.17, 15) is 20.4 Å². The maximum absolute atomic E-state index is 9.89. The Morgan fingerprint density at radius 2 is 1.47 bits per heavy atom. The molecular weight excluding hydrogens is 244 g/mol. The molecule has 0 aliphatic rings. The number of aliphatic hydroxyl groups excluding tert-OH is 4. The van der Waals surface area contributed by atoms with E-state index in [1.54, 1.807) is 0 Å². The third-order valence-electron chi connectivity index (χ3n) is 3.28. The van der Waals surface area contributed by atoms with E-state index >= 15 is 0 Å². The number of unbranched alkanes of at least 4 members (excludes halogenated alkanes) is 1. The molecule has 0 heterocycles. The van der Waals surface area contributed by atoms with Gasteiger partial charge in [0.05, 0.1) is 12.2 Å². The Morgan fingerprint density at radius 1 is 0.895 bits per heavy atom. The molecule has 0 amide bonds. The first-order valence-corrected chi connectivity index (χ1v) is 6.82. The van der Waals surface area contributed by atoms with Crippen molar-refractivity contribution in [2.45, 2.75) is 57.0 Å². The molecular formula is C15H24O4. The van der Waals surface area contributed by atoms with Gasteiger partial charge < -0.3 is 20.4 Å². The molecule has 0 saturated heterocycles. The molecule has 0 radical (unpaired) electrons. The van der Waals surface area contributed by atoms with Gasteiger partial charge in [-0.2, -0.15) is 0 Å². The first-order valence-electron chi connectivity index (χ1n) is 6.82. The van der Waals surface area contributed by atoms with Gasteiger partial charge in [-0.3, -0.25) is 0 Å². The average Bonchev–Trinajstić information content (AvgIpc) is 2.44. The summed E-state index contributed by atoms with van der Waals surface area (Å²) in [6, 6.07) is 9.25. The lowest BCUT2D eigenvalue weighted by molar-refractivity contribution is -0.106. The van der Waals surface area contributed by atoms with Crippen LogP contribution in [0.4, 0.5) is 0 Å². The van der Waals surface area contributed by atoms with Gasteiger partial charge in [0.2, 0.25) is 0 Å². The van der Waals surface area contributed by atoms with Crippen LogP contribution in [-0.2, 0) is 6.42 Å². The van der Waals surface area contributed by atoms with E-state index in [1.807, 2.05) is 37.3 Å². The van der Waals surface area contributed by atoms with Crippen molar-refractivity contribution < 1.29 is 20.4 Å². The molecule has 1 aromatic rings. The third-order valence-corrected chi connectivity index (χ3v) is 3.28. The Hall–Kier alpha value is -0.940. The van der Waals surface area contributed by atoms with Gasteiger partial charge in [0.1, 0.15) is 12.2 Å². The first kappa shape index (κ1) is 16.1. The molecule has 4 N–H and O–H groups in total. The standard InChI is InChI=1S/C15H24O4/c1-2-3-9-12(16)14(18)15(19)13(17)10-11-7-5-4-6-8-11/h4-8,12-19H,2-3,9-10H2,1H3. The summed E-state index contributed by atoms with van der Waals surface area (Å²) in [5.41, 5.74) is 0.879. The van der Waals surface area contributed by atoms with Gasteiger partial charge in [0, 0.05) is 6.42 Å². The summed E-state index contributed by atoms with van der Waals surface area (Å²) < 4.78 is 0. The summed E-state index contributed by atoms with van der Waals surface area (Å²) in [4.78, 5) is 0. The van der Waals surface area contributed by atoms with E-state index in [2.05, 4.69) is 0 Å². The zero-order valence-electron chi connectivity index (χ0n) is 11.3. The molecule has 4 unspecified atom stereocenters. The number of hydrogen-bond acceptors (Lipinski definition) is 4. The SMILES string of the molecule is CCCCC(O)C(O)C(O)C(O)Cc1ccccc1. The summed E-state index contributed by atoms with van der Waals surface area (Å²) in [5.74, 6) is 0. The van der Waals surface area contributed by atoms with Crippen LogP contribution in [-0.4, -0.2) is 44.8 Å². The predicted molar refractivity (Wildman–Crippen MR) is 73.7 cm³/mol. The number of aliphatic hydroxyl groups is 4. The van der Waals surface area contributed by atoms with E-state index in [0.29, 0.717) is 6.42 Å². The van der Waals surface area contributed by atoms with E-state index < -0.39 is 24.4 Å². The predicted octanol–water partition coefficient (Wildman–Crippen LogP) is 0.863. The highest BCUT2D eigenvalue weighted by Gasteiger charge is 2.29. The summed E-state index contributed by atoms with van der Waals surface area (Å²) in [7, 11) is 0. The molecule has 0 aromatic heterocycles. The molecule has 0 aliphatic carbocycles. The fourth-order valence-electron chi connectivity index (χ4n) is 2.02. The summed E-state index contributed by atoms with van der Waals surface area (Å²) >= 11 is 0. The molecule has 1 aromatic carbocycles. The van der Waals surface area contributed by atoms with E-state index in [0.717, 1.165) is 18.4 Å². The molecule has 4 atom stereocenters. The molecule has 4 nitrogen and oxygen atoms in total. The van der Waals surface area contributed by atoms with Crippen LogP contribution >= 0.6 is 0 Å². The molecule has 0 fully saturated rings. The normalized spacial score (nSPS) is 17.7. The fraction of sp³-hybridized carbons (Fsp3) is 0.600. The highest BCUT2D eigenvalue weighted by Crippen LogP contribution is 2.13. The quantitative estimate of drug-likeness (QED) is 0.564. The van der Waals surface area contributed by atoms with Crippen molar-refractivity contribution in [3.63, 3.8) is 0 Å². The van der Waals surface area contributed by atoms with Gasteiger partial charge in [-0.05, 0) is 12.0 Å². The summed E-state index contributed by atoms with van der Waals surface area (Å²) in [5, 5.41) is 39.3. The molecule has 0 spiro atoms. The van der Waals surface area contributed by atoms with Crippen molar-refractivity contribution >= 4 is 0 Å². The zero-order valence-corrected chi connectivity index (χ0v) is 11.3. The van der Waals surface area contributed by atoms with Crippen LogP contribution in [0.15, 0.2) is 30.3 Å². The second-order valence-electron chi connectivity index (χ2n) is 4.95. The van der Waals surface area contributed by atoms with Gasteiger partial charge in [-0.1, -0.05) is 50.1 Å². The van der Waals surface area contributed by atoms with Crippen molar-refractivity contribution in [3.05, 3.63) is 35.9 Å². The number of hydrogen-bond donors (Lipinski definition) is 4. The van der Waals surface area contributed by atoms with Crippen LogP contribution in [0.5, 0.6) is 0 Å². The van der Waals surface area contributed by atoms with Crippen molar-refractivity contribution in [1.29, 1.82) is 0 Å². The van der Waals surface area contributed by atoms with Crippen molar-refractivity contribution in [2.24, 2.45) is 0 Å². The maximum atomic E-state index is 9.89. The topological polar surface area (TPSA) is 80.9 Å². The van der Waals surface area contributed by atoms with Gasteiger partial charge >= 0.3 is 0 Å². The molecule has 108 valence electrons. The second kappa shape index (κ2) is 8.27. The fourth-order valence-corrected chi connectivity index (χ4v) is 2.02. The van der Waals surface area contributed by atoms with Crippen molar-refractivity contribution in [1.82, 2.24) is 0 Å². The maximum Gasteiger partial charge on any atom is 0.109 e. The van der Waals surface area contributed by atoms with Crippen molar-refractivity contribution in [2.75, 3.05) is 0 Å². The Kier molecular flexibility index (Phi) is 7.02. The van der Waals surface area contributed by atoms with Crippen molar-refractivity contribution in [3.8, 4) is 0 Å². The largest absolute Gasteiger partial charge is 0.390 e. The van der Waals surface area contributed by atoms with Gasteiger partial charge in [0.25, 0.3) is 0 Å². The highest BCUT2D eigenvalue weighted by molar-refractivity contribution is 5.15. The number of benzene rings is 1. The third kappa shape index (κ3) is 5.28. The number of rotatable bonds is 8. The molecule has 0 bridgehead atoms. The lowest BCUT2D eigenvalue weighted by Gasteiger charge is -2.26. The van der Waals surface area contributed by atoms with Crippen LogP contribution in [0.3, 0.4) is 0 Å². The van der Waals surface area contributed by atoms with Crippen LogP contribution in [0.25, 0.3) is 0 Å². The Balaban J connectivity index is 2.49.